The van der Waals surface area contributed by atoms with Crippen molar-refractivity contribution in [3.8, 4) is 0 Å². The van der Waals surface area contributed by atoms with Crippen molar-refractivity contribution >= 4 is 45.0 Å². The van der Waals surface area contributed by atoms with Gasteiger partial charge in [-0.2, -0.15) is 0 Å². The molecule has 96 valence electrons. The molecule has 1 aromatic carbocycles. The summed E-state index contributed by atoms with van der Waals surface area (Å²) in [4.78, 5) is -0.213. The van der Waals surface area contributed by atoms with Crippen molar-refractivity contribution in [1.82, 2.24) is 4.31 Å². The van der Waals surface area contributed by atoms with Gasteiger partial charge in [-0.3, -0.25) is 0 Å². The van der Waals surface area contributed by atoms with Crippen molar-refractivity contribution in [2.24, 2.45) is 0 Å². The standard InChI is InChI=1S/C9H10Cl2FNO2S2/c1-13(2)17(14,15)6-4-5(10)7(11)8(12)9(6)16-3/h4H,1-3H3. The summed E-state index contributed by atoms with van der Waals surface area (Å²) in [6, 6.07) is 1.16. The lowest BCUT2D eigenvalue weighted by Gasteiger charge is -2.15. The summed E-state index contributed by atoms with van der Waals surface area (Å²) in [7, 11) is -1.03. The van der Waals surface area contributed by atoms with Gasteiger partial charge in [0, 0.05) is 14.1 Å². The highest BCUT2D eigenvalue weighted by Crippen LogP contribution is 2.37. The number of benzene rings is 1. The first-order valence-electron chi connectivity index (χ1n) is 4.37. The highest BCUT2D eigenvalue weighted by Gasteiger charge is 2.26. The predicted octanol–water partition coefficient (Wildman–Crippen LogP) is 3.10. The van der Waals surface area contributed by atoms with Gasteiger partial charge in [0.1, 0.15) is 4.90 Å². The molecule has 0 amide bonds. The fourth-order valence-corrected chi connectivity index (χ4v) is 3.69. The average molecular weight is 318 g/mol. The Morgan fingerprint density at radius 2 is 1.88 bits per heavy atom. The van der Waals surface area contributed by atoms with Crippen LogP contribution < -0.4 is 0 Å². The molecule has 17 heavy (non-hydrogen) atoms. The topological polar surface area (TPSA) is 37.4 Å². The van der Waals surface area contributed by atoms with E-state index in [1.807, 2.05) is 0 Å². The third-order valence-electron chi connectivity index (χ3n) is 2.05. The maximum Gasteiger partial charge on any atom is 0.243 e. The molecule has 1 rings (SSSR count). The van der Waals surface area contributed by atoms with Gasteiger partial charge in [-0.15, -0.1) is 11.8 Å². The number of sulfonamides is 1. The van der Waals surface area contributed by atoms with Gasteiger partial charge in [0.05, 0.1) is 14.9 Å². The lowest BCUT2D eigenvalue weighted by molar-refractivity contribution is 0.514. The highest BCUT2D eigenvalue weighted by molar-refractivity contribution is 7.99. The quantitative estimate of drug-likeness (QED) is 0.635. The van der Waals surface area contributed by atoms with Crippen LogP contribution in [0, 0.1) is 5.82 Å². The van der Waals surface area contributed by atoms with E-state index in [4.69, 9.17) is 23.2 Å². The van der Waals surface area contributed by atoms with Crippen LogP contribution in [0.3, 0.4) is 0 Å². The second kappa shape index (κ2) is 5.32. The molecule has 0 fully saturated rings. The molecule has 0 aromatic heterocycles. The van der Waals surface area contributed by atoms with E-state index in [0.29, 0.717) is 0 Å². The number of nitrogens with zero attached hydrogens (tertiary/aromatic N) is 1. The Kier molecular flexibility index (Phi) is 4.71. The molecule has 0 radical (unpaired) electrons. The van der Waals surface area contributed by atoms with Gasteiger partial charge in [0.2, 0.25) is 10.0 Å². The first-order chi connectivity index (χ1) is 7.73. The minimum absolute atomic E-state index is 0.0342. The van der Waals surface area contributed by atoms with E-state index < -0.39 is 15.8 Å². The molecular formula is C9H10Cl2FNO2S2. The molecular weight excluding hydrogens is 308 g/mol. The van der Waals surface area contributed by atoms with Crippen LogP contribution in [0.25, 0.3) is 0 Å². The van der Waals surface area contributed by atoms with Crippen LogP contribution in [0.1, 0.15) is 0 Å². The number of thioether (sulfide) groups is 1. The highest BCUT2D eigenvalue weighted by atomic mass is 35.5. The molecule has 0 aliphatic heterocycles. The van der Waals surface area contributed by atoms with E-state index in [9.17, 15) is 12.8 Å². The molecule has 0 bridgehead atoms. The van der Waals surface area contributed by atoms with Gasteiger partial charge in [-0.05, 0) is 12.3 Å². The average Bonchev–Trinajstić information content (AvgIpc) is 2.25. The molecule has 0 aliphatic carbocycles. The second-order valence-corrected chi connectivity index (χ2v) is 7.03. The lowest BCUT2D eigenvalue weighted by atomic mass is 10.3. The number of halogens is 3. The molecule has 8 heteroatoms. The van der Waals surface area contributed by atoms with Gasteiger partial charge < -0.3 is 0 Å². The van der Waals surface area contributed by atoms with Gasteiger partial charge in [-0.1, -0.05) is 23.2 Å². The smallest absolute Gasteiger partial charge is 0.207 e. The van der Waals surface area contributed by atoms with E-state index in [0.717, 1.165) is 22.1 Å². The first-order valence-corrected chi connectivity index (χ1v) is 7.79. The van der Waals surface area contributed by atoms with Crippen molar-refractivity contribution in [1.29, 1.82) is 0 Å². The zero-order valence-electron chi connectivity index (χ0n) is 9.29. The summed E-state index contributed by atoms with van der Waals surface area (Å²) >= 11 is 12.3. The Labute approximate surface area is 114 Å². The number of hydrogen-bond acceptors (Lipinski definition) is 3. The maximum atomic E-state index is 13.8. The Morgan fingerprint density at radius 3 is 2.29 bits per heavy atom. The largest absolute Gasteiger partial charge is 0.243 e. The van der Waals surface area contributed by atoms with Gasteiger partial charge in [0.25, 0.3) is 0 Å². The molecule has 0 saturated heterocycles. The maximum absolute atomic E-state index is 13.8. The molecule has 3 nitrogen and oxygen atoms in total. The summed E-state index contributed by atoms with van der Waals surface area (Å²) in [5, 5.41) is -0.392. The number of hydrogen-bond donors (Lipinski definition) is 0. The SMILES string of the molecule is CSc1c(S(=O)(=O)N(C)C)cc(Cl)c(Cl)c1F. The molecule has 0 spiro atoms. The molecule has 0 aliphatic rings. The zero-order chi connectivity index (χ0) is 13.4. The van der Waals surface area contributed by atoms with Crippen molar-refractivity contribution in [3.63, 3.8) is 0 Å². The summed E-state index contributed by atoms with van der Waals surface area (Å²) in [6.07, 6.45) is 1.57. The minimum atomic E-state index is -3.75. The van der Waals surface area contributed by atoms with Crippen LogP contribution in [0.5, 0.6) is 0 Å². The van der Waals surface area contributed by atoms with Crippen LogP contribution in [-0.4, -0.2) is 33.1 Å². The number of rotatable bonds is 3. The molecule has 0 atom stereocenters. The predicted molar refractivity (Wildman–Crippen MR) is 69.1 cm³/mol. The Hall–Kier alpha value is -0.0100. The van der Waals surface area contributed by atoms with Crippen LogP contribution in [-0.2, 0) is 10.0 Å². The van der Waals surface area contributed by atoms with E-state index in [1.165, 1.54) is 14.1 Å². The molecule has 1 aromatic rings. The molecule has 0 unspecified atom stereocenters. The Bertz CT molecular complexity index is 546. The Balaban J connectivity index is 3.66. The third-order valence-corrected chi connectivity index (χ3v) is 5.59. The van der Waals surface area contributed by atoms with Crippen molar-refractivity contribution < 1.29 is 12.8 Å². The van der Waals surface area contributed by atoms with Crippen molar-refractivity contribution in [2.75, 3.05) is 20.4 Å². The normalized spacial score (nSPS) is 12.2. The molecule has 0 heterocycles. The van der Waals surface area contributed by atoms with Gasteiger partial charge in [-0.25, -0.2) is 17.1 Å². The zero-order valence-corrected chi connectivity index (χ0v) is 12.4. The fraction of sp³-hybridized carbons (Fsp3) is 0.333. The fourth-order valence-electron chi connectivity index (χ4n) is 1.14. The molecule has 0 N–H and O–H groups in total. The summed E-state index contributed by atoms with van der Waals surface area (Å²) in [5.41, 5.74) is 0. The van der Waals surface area contributed by atoms with Crippen LogP contribution in [0.4, 0.5) is 4.39 Å². The summed E-state index contributed by atoms with van der Waals surface area (Å²) < 4.78 is 38.7. The summed E-state index contributed by atoms with van der Waals surface area (Å²) in [6.45, 7) is 0. The lowest BCUT2D eigenvalue weighted by Crippen LogP contribution is -2.23. The van der Waals surface area contributed by atoms with Crippen molar-refractivity contribution in [3.05, 3.63) is 21.9 Å². The third kappa shape index (κ3) is 2.71. The summed E-state index contributed by atoms with van der Waals surface area (Å²) in [5.74, 6) is -0.813. The van der Waals surface area contributed by atoms with E-state index >= 15 is 0 Å². The van der Waals surface area contributed by atoms with Gasteiger partial charge in [0.15, 0.2) is 5.82 Å². The van der Waals surface area contributed by atoms with Crippen LogP contribution >= 0.6 is 35.0 Å². The monoisotopic (exact) mass is 317 g/mol. The van der Waals surface area contributed by atoms with Crippen molar-refractivity contribution in [2.45, 2.75) is 9.79 Å². The van der Waals surface area contributed by atoms with Crippen LogP contribution in [0.15, 0.2) is 15.9 Å². The first kappa shape index (κ1) is 15.0. The minimum Gasteiger partial charge on any atom is -0.207 e. The Morgan fingerprint density at radius 1 is 1.35 bits per heavy atom. The second-order valence-electron chi connectivity index (χ2n) is 3.31. The van der Waals surface area contributed by atoms with Gasteiger partial charge >= 0.3 is 0 Å². The van der Waals surface area contributed by atoms with E-state index in [-0.39, 0.29) is 19.8 Å². The molecule has 0 saturated carbocycles. The van der Waals surface area contributed by atoms with E-state index in [2.05, 4.69) is 0 Å². The van der Waals surface area contributed by atoms with Crippen LogP contribution in [0.2, 0.25) is 10.0 Å². The van der Waals surface area contributed by atoms with E-state index in [1.54, 1.807) is 6.26 Å².